The van der Waals surface area contributed by atoms with Crippen LogP contribution in [0.2, 0.25) is 5.02 Å². The number of hydrogen-bond donors (Lipinski definition) is 2. The molecule has 1 aromatic rings. The molecule has 1 aromatic carbocycles. The number of nitrogens with two attached hydrogens (primary N) is 1. The van der Waals surface area contributed by atoms with Gasteiger partial charge in [-0.2, -0.15) is 0 Å². The third-order valence-corrected chi connectivity index (χ3v) is 3.01. The Labute approximate surface area is 107 Å². The first-order valence-corrected chi connectivity index (χ1v) is 5.65. The molecule has 1 heterocycles. The van der Waals surface area contributed by atoms with Crippen molar-refractivity contribution < 1.29 is 18.3 Å². The second-order valence-electron chi connectivity index (χ2n) is 4.04. The van der Waals surface area contributed by atoms with Crippen LogP contribution in [0.3, 0.4) is 0 Å². The van der Waals surface area contributed by atoms with E-state index in [4.69, 9.17) is 22.1 Å². The fourth-order valence-electron chi connectivity index (χ4n) is 1.72. The van der Waals surface area contributed by atoms with Crippen LogP contribution in [-0.2, 0) is 9.53 Å². The van der Waals surface area contributed by atoms with Crippen LogP contribution < -0.4 is 11.1 Å². The first-order chi connectivity index (χ1) is 8.49. The number of nitrogens with one attached hydrogen (secondary N) is 1. The minimum absolute atomic E-state index is 0.174. The van der Waals surface area contributed by atoms with Gasteiger partial charge < -0.3 is 15.8 Å². The van der Waals surface area contributed by atoms with Gasteiger partial charge in [-0.05, 0) is 6.07 Å². The van der Waals surface area contributed by atoms with Crippen molar-refractivity contribution in [2.24, 2.45) is 11.7 Å². The van der Waals surface area contributed by atoms with Gasteiger partial charge in [0.05, 0.1) is 29.8 Å². The van der Waals surface area contributed by atoms with E-state index >= 15 is 0 Å². The average Bonchev–Trinajstić information content (AvgIpc) is 2.69. The number of carbonyl (C=O) groups is 1. The predicted molar refractivity (Wildman–Crippen MR) is 62.3 cm³/mol. The molecule has 0 spiro atoms. The molecule has 0 radical (unpaired) electrons. The normalized spacial score (nSPS) is 23.1. The summed E-state index contributed by atoms with van der Waals surface area (Å²) in [4.78, 5) is 11.8. The molecule has 18 heavy (non-hydrogen) atoms. The van der Waals surface area contributed by atoms with Gasteiger partial charge in [0.15, 0.2) is 5.82 Å². The Hall–Kier alpha value is -1.24. The van der Waals surface area contributed by atoms with Gasteiger partial charge in [0, 0.05) is 12.1 Å². The molecule has 2 unspecified atom stereocenters. The maximum atomic E-state index is 13.5. The lowest BCUT2D eigenvalue weighted by atomic mass is 10.0. The maximum absolute atomic E-state index is 13.5. The zero-order valence-electron chi connectivity index (χ0n) is 9.25. The van der Waals surface area contributed by atoms with E-state index in [0.29, 0.717) is 6.07 Å². The van der Waals surface area contributed by atoms with Crippen molar-refractivity contribution in [2.45, 2.75) is 6.04 Å². The molecule has 3 N–H and O–H groups in total. The van der Waals surface area contributed by atoms with Gasteiger partial charge in [-0.25, -0.2) is 8.78 Å². The topological polar surface area (TPSA) is 64.3 Å². The van der Waals surface area contributed by atoms with Crippen molar-refractivity contribution in [2.75, 3.05) is 18.5 Å². The Kier molecular flexibility index (Phi) is 3.79. The van der Waals surface area contributed by atoms with Crippen molar-refractivity contribution in [3.05, 3.63) is 28.8 Å². The summed E-state index contributed by atoms with van der Waals surface area (Å²) >= 11 is 5.66. The average molecular weight is 277 g/mol. The second kappa shape index (κ2) is 5.17. The molecule has 98 valence electrons. The fraction of sp³-hybridized carbons (Fsp3) is 0.364. The smallest absolute Gasteiger partial charge is 0.231 e. The number of carbonyl (C=O) groups excluding carboxylic acids is 1. The lowest BCUT2D eigenvalue weighted by Crippen LogP contribution is -2.37. The second-order valence-corrected chi connectivity index (χ2v) is 4.45. The van der Waals surface area contributed by atoms with Crippen LogP contribution in [-0.4, -0.2) is 25.2 Å². The summed E-state index contributed by atoms with van der Waals surface area (Å²) in [7, 11) is 0. The minimum Gasteiger partial charge on any atom is -0.379 e. The third-order valence-electron chi connectivity index (χ3n) is 2.72. The first kappa shape index (κ1) is 13.2. The molecule has 1 fully saturated rings. The largest absolute Gasteiger partial charge is 0.379 e. The molecule has 0 bridgehead atoms. The van der Waals surface area contributed by atoms with Crippen LogP contribution >= 0.6 is 11.6 Å². The quantitative estimate of drug-likeness (QED) is 0.861. The Morgan fingerprint density at radius 2 is 2.17 bits per heavy atom. The van der Waals surface area contributed by atoms with Crippen molar-refractivity contribution in [3.63, 3.8) is 0 Å². The molecule has 2 rings (SSSR count). The predicted octanol–water partition coefficient (Wildman–Crippen LogP) is 1.53. The molecule has 0 saturated carbocycles. The number of hydrogen-bond acceptors (Lipinski definition) is 3. The van der Waals surface area contributed by atoms with Gasteiger partial charge in [-0.15, -0.1) is 0 Å². The van der Waals surface area contributed by atoms with E-state index < -0.39 is 29.5 Å². The Morgan fingerprint density at radius 1 is 1.44 bits per heavy atom. The number of ether oxygens (including phenoxy) is 1. The molecule has 1 saturated heterocycles. The van der Waals surface area contributed by atoms with Crippen LogP contribution in [0.5, 0.6) is 0 Å². The summed E-state index contributed by atoms with van der Waals surface area (Å²) in [6, 6.07) is 1.13. The molecule has 1 aliphatic rings. The monoisotopic (exact) mass is 276 g/mol. The molecule has 1 amide bonds. The molecule has 1 aliphatic heterocycles. The lowest BCUT2D eigenvalue weighted by Gasteiger charge is -2.14. The number of halogens is 3. The minimum atomic E-state index is -0.930. The number of amides is 1. The number of anilines is 1. The van der Waals surface area contributed by atoms with Crippen LogP contribution in [0.1, 0.15) is 0 Å². The molecule has 7 heteroatoms. The standard InChI is InChI=1S/C11H11ClF2N2O2/c12-7-1-5(13)2-8(14)10(7)16-11(17)6-3-18-4-9(6)15/h1-2,6,9H,3-4,15H2,(H,16,17). The highest BCUT2D eigenvalue weighted by Gasteiger charge is 2.32. The molecular formula is C11H11ClF2N2O2. The molecule has 0 aliphatic carbocycles. The van der Waals surface area contributed by atoms with Gasteiger partial charge in [0.1, 0.15) is 5.82 Å². The molecular weight excluding hydrogens is 266 g/mol. The summed E-state index contributed by atoms with van der Waals surface area (Å²) in [5.74, 6) is -2.80. The summed E-state index contributed by atoms with van der Waals surface area (Å²) in [5, 5.41) is 2.10. The van der Waals surface area contributed by atoms with E-state index in [0.717, 1.165) is 6.07 Å². The van der Waals surface area contributed by atoms with E-state index in [2.05, 4.69) is 5.32 Å². The summed E-state index contributed by atoms with van der Waals surface area (Å²) < 4.78 is 31.3. The Bertz CT molecular complexity index is 461. The number of rotatable bonds is 2. The van der Waals surface area contributed by atoms with Crippen molar-refractivity contribution in [1.29, 1.82) is 0 Å². The maximum Gasteiger partial charge on any atom is 0.231 e. The van der Waals surface area contributed by atoms with Crippen molar-refractivity contribution in [1.82, 2.24) is 0 Å². The Morgan fingerprint density at radius 3 is 2.72 bits per heavy atom. The molecule has 4 nitrogen and oxygen atoms in total. The third kappa shape index (κ3) is 2.60. The van der Waals surface area contributed by atoms with E-state index in [-0.39, 0.29) is 23.9 Å². The van der Waals surface area contributed by atoms with Crippen LogP contribution in [0.25, 0.3) is 0 Å². The lowest BCUT2D eigenvalue weighted by molar-refractivity contribution is -0.120. The van der Waals surface area contributed by atoms with E-state index in [1.807, 2.05) is 0 Å². The van der Waals surface area contributed by atoms with E-state index in [9.17, 15) is 13.6 Å². The zero-order chi connectivity index (χ0) is 13.3. The van der Waals surface area contributed by atoms with E-state index in [1.165, 1.54) is 0 Å². The van der Waals surface area contributed by atoms with Crippen molar-refractivity contribution >= 4 is 23.2 Å². The highest BCUT2D eigenvalue weighted by atomic mass is 35.5. The first-order valence-electron chi connectivity index (χ1n) is 5.27. The van der Waals surface area contributed by atoms with Gasteiger partial charge in [-0.3, -0.25) is 4.79 Å². The van der Waals surface area contributed by atoms with Crippen LogP contribution in [0.15, 0.2) is 12.1 Å². The SMILES string of the molecule is NC1COCC1C(=O)Nc1c(F)cc(F)cc1Cl. The number of benzene rings is 1. The molecule has 0 aromatic heterocycles. The Balaban J connectivity index is 2.17. The summed E-state index contributed by atoms with van der Waals surface area (Å²) in [5.41, 5.74) is 5.41. The summed E-state index contributed by atoms with van der Waals surface area (Å²) in [6.07, 6.45) is 0. The van der Waals surface area contributed by atoms with Gasteiger partial charge in [0.2, 0.25) is 5.91 Å². The van der Waals surface area contributed by atoms with Crippen LogP contribution in [0.4, 0.5) is 14.5 Å². The van der Waals surface area contributed by atoms with E-state index in [1.54, 1.807) is 0 Å². The molecule has 2 atom stereocenters. The van der Waals surface area contributed by atoms with Crippen LogP contribution in [0, 0.1) is 17.6 Å². The summed E-state index contributed by atoms with van der Waals surface area (Å²) in [6.45, 7) is 0.450. The highest BCUT2D eigenvalue weighted by molar-refractivity contribution is 6.33. The fourth-order valence-corrected chi connectivity index (χ4v) is 1.96. The van der Waals surface area contributed by atoms with Gasteiger partial charge in [-0.1, -0.05) is 11.6 Å². The zero-order valence-corrected chi connectivity index (χ0v) is 10.0. The van der Waals surface area contributed by atoms with Gasteiger partial charge >= 0.3 is 0 Å². The highest BCUT2D eigenvalue weighted by Crippen LogP contribution is 2.27. The van der Waals surface area contributed by atoms with Gasteiger partial charge in [0.25, 0.3) is 0 Å². The van der Waals surface area contributed by atoms with Crippen molar-refractivity contribution in [3.8, 4) is 0 Å².